The summed E-state index contributed by atoms with van der Waals surface area (Å²) >= 11 is 0. The van der Waals surface area contributed by atoms with Crippen molar-refractivity contribution in [3.05, 3.63) is 29.6 Å². The molecule has 0 radical (unpaired) electrons. The lowest BCUT2D eigenvalue weighted by molar-refractivity contribution is -0.119. The summed E-state index contributed by atoms with van der Waals surface area (Å²) in [5, 5.41) is 0. The van der Waals surface area contributed by atoms with Gasteiger partial charge in [0.1, 0.15) is 5.82 Å². The number of amides is 1. The normalized spacial score (nSPS) is 19.8. The molecule has 4 heteroatoms. The van der Waals surface area contributed by atoms with Gasteiger partial charge in [-0.2, -0.15) is 0 Å². The third-order valence-corrected chi connectivity index (χ3v) is 3.10. The Morgan fingerprint density at radius 3 is 3.00 bits per heavy atom. The van der Waals surface area contributed by atoms with Crippen LogP contribution in [0, 0.1) is 5.82 Å². The third kappa shape index (κ3) is 1.80. The van der Waals surface area contributed by atoms with E-state index in [0.29, 0.717) is 13.0 Å². The lowest BCUT2D eigenvalue weighted by atomic mass is 9.87. The predicted molar refractivity (Wildman–Crippen MR) is 60.8 cm³/mol. The highest BCUT2D eigenvalue weighted by Gasteiger charge is 2.28. The van der Waals surface area contributed by atoms with Gasteiger partial charge in [0.05, 0.1) is 0 Å². The average molecular weight is 222 g/mol. The zero-order valence-electron chi connectivity index (χ0n) is 9.24. The summed E-state index contributed by atoms with van der Waals surface area (Å²) in [6.45, 7) is 0.512. The van der Waals surface area contributed by atoms with Crippen LogP contribution in [0.2, 0.25) is 0 Å². The highest BCUT2D eigenvalue weighted by atomic mass is 19.1. The maximum atomic E-state index is 13.2. The molecule has 3 nitrogen and oxygen atoms in total. The predicted octanol–water partition coefficient (Wildman–Crippen LogP) is 1.62. The quantitative estimate of drug-likeness (QED) is 0.826. The second kappa shape index (κ2) is 4.22. The molecular formula is C12H15FN2O. The van der Waals surface area contributed by atoms with Crippen LogP contribution >= 0.6 is 0 Å². The monoisotopic (exact) mass is 222 g/mol. The number of hydrogen-bond acceptors (Lipinski definition) is 2. The Kier molecular flexibility index (Phi) is 2.92. The molecule has 0 saturated heterocycles. The Hall–Kier alpha value is -1.42. The molecule has 1 aromatic carbocycles. The van der Waals surface area contributed by atoms with E-state index in [4.69, 9.17) is 5.73 Å². The van der Waals surface area contributed by atoms with Crippen molar-refractivity contribution in [3.8, 4) is 0 Å². The molecule has 0 spiro atoms. The Morgan fingerprint density at radius 1 is 1.56 bits per heavy atom. The van der Waals surface area contributed by atoms with Gasteiger partial charge in [-0.15, -0.1) is 0 Å². The molecule has 0 bridgehead atoms. The smallest absolute Gasteiger partial charge is 0.227 e. The highest BCUT2D eigenvalue weighted by molar-refractivity contribution is 5.96. The summed E-state index contributed by atoms with van der Waals surface area (Å²) in [4.78, 5) is 13.3. The molecule has 86 valence electrons. The molecule has 1 aliphatic rings. The largest absolute Gasteiger partial charge is 0.330 e. The molecule has 0 aromatic heterocycles. The first kappa shape index (κ1) is 11.1. The Bertz CT molecular complexity index is 419. The summed E-state index contributed by atoms with van der Waals surface area (Å²) < 4.78 is 13.2. The van der Waals surface area contributed by atoms with Crippen molar-refractivity contribution in [3.63, 3.8) is 0 Å². The van der Waals surface area contributed by atoms with Gasteiger partial charge < -0.3 is 10.6 Å². The Balaban J connectivity index is 2.45. The fourth-order valence-corrected chi connectivity index (χ4v) is 2.21. The first-order valence-corrected chi connectivity index (χ1v) is 5.39. The number of benzene rings is 1. The zero-order chi connectivity index (χ0) is 11.7. The molecule has 1 atom stereocenters. The van der Waals surface area contributed by atoms with Gasteiger partial charge in [-0.25, -0.2) is 4.39 Å². The fourth-order valence-electron chi connectivity index (χ4n) is 2.21. The van der Waals surface area contributed by atoms with Crippen molar-refractivity contribution in [1.29, 1.82) is 0 Å². The molecule has 16 heavy (non-hydrogen) atoms. The first-order valence-electron chi connectivity index (χ1n) is 5.39. The summed E-state index contributed by atoms with van der Waals surface area (Å²) in [6.07, 6.45) is 1.14. The van der Waals surface area contributed by atoms with Crippen LogP contribution in [0.25, 0.3) is 0 Å². The minimum Gasteiger partial charge on any atom is -0.330 e. The number of fused-ring (bicyclic) bond motifs is 1. The second-order valence-electron chi connectivity index (χ2n) is 4.13. The third-order valence-electron chi connectivity index (χ3n) is 3.10. The minimum atomic E-state index is -0.261. The van der Waals surface area contributed by atoms with E-state index in [0.717, 1.165) is 17.7 Å². The second-order valence-corrected chi connectivity index (χ2v) is 4.13. The van der Waals surface area contributed by atoms with Crippen molar-refractivity contribution < 1.29 is 9.18 Å². The van der Waals surface area contributed by atoms with Crippen LogP contribution in [0.3, 0.4) is 0 Å². The maximum absolute atomic E-state index is 13.2. The number of nitrogens with two attached hydrogens (primary N) is 1. The van der Waals surface area contributed by atoms with Crippen LogP contribution in [0.5, 0.6) is 0 Å². The summed E-state index contributed by atoms with van der Waals surface area (Å²) in [7, 11) is 1.72. The molecule has 1 aromatic rings. The number of rotatable bonds is 2. The van der Waals surface area contributed by atoms with Crippen molar-refractivity contribution in [1.82, 2.24) is 0 Å². The number of carbonyl (C=O) groups excluding carboxylic acids is 1. The van der Waals surface area contributed by atoms with Gasteiger partial charge in [0.2, 0.25) is 5.91 Å². The highest BCUT2D eigenvalue weighted by Crippen LogP contribution is 2.37. The van der Waals surface area contributed by atoms with Gasteiger partial charge in [0.15, 0.2) is 0 Å². The van der Waals surface area contributed by atoms with E-state index in [-0.39, 0.29) is 17.6 Å². The lowest BCUT2D eigenvalue weighted by Gasteiger charge is -2.31. The van der Waals surface area contributed by atoms with Crippen molar-refractivity contribution in [2.45, 2.75) is 18.8 Å². The van der Waals surface area contributed by atoms with Gasteiger partial charge in [0.25, 0.3) is 0 Å². The van der Waals surface area contributed by atoms with E-state index in [1.807, 2.05) is 0 Å². The van der Waals surface area contributed by atoms with E-state index in [1.165, 1.54) is 12.1 Å². The first-order chi connectivity index (χ1) is 7.63. The molecule has 0 aliphatic carbocycles. The lowest BCUT2D eigenvalue weighted by Crippen LogP contribution is -2.33. The Morgan fingerprint density at radius 2 is 2.31 bits per heavy atom. The van der Waals surface area contributed by atoms with Crippen molar-refractivity contribution in [2.24, 2.45) is 5.73 Å². The van der Waals surface area contributed by atoms with Gasteiger partial charge in [0, 0.05) is 19.2 Å². The van der Waals surface area contributed by atoms with Crippen LogP contribution in [-0.2, 0) is 4.79 Å². The summed E-state index contributed by atoms with van der Waals surface area (Å²) in [5.41, 5.74) is 7.21. The van der Waals surface area contributed by atoms with Crippen LogP contribution in [0.4, 0.5) is 10.1 Å². The number of halogens is 1. The van der Waals surface area contributed by atoms with Crippen molar-refractivity contribution in [2.75, 3.05) is 18.5 Å². The SMILES string of the molecule is CN1C(=O)CC(CCN)c2cc(F)ccc21. The minimum absolute atomic E-state index is 0.0550. The van der Waals surface area contributed by atoms with E-state index < -0.39 is 0 Å². The summed E-state index contributed by atoms with van der Waals surface area (Å²) in [5.74, 6) is -0.138. The van der Waals surface area contributed by atoms with Crippen LogP contribution in [0.1, 0.15) is 24.3 Å². The Labute approximate surface area is 94.0 Å². The van der Waals surface area contributed by atoms with Crippen LogP contribution in [0.15, 0.2) is 18.2 Å². The molecule has 1 unspecified atom stereocenters. The van der Waals surface area contributed by atoms with E-state index in [9.17, 15) is 9.18 Å². The topological polar surface area (TPSA) is 46.3 Å². The molecule has 0 fully saturated rings. The number of carbonyl (C=O) groups is 1. The molecule has 0 saturated carbocycles. The van der Waals surface area contributed by atoms with E-state index >= 15 is 0 Å². The number of hydrogen-bond donors (Lipinski definition) is 1. The molecule has 1 aliphatic heterocycles. The van der Waals surface area contributed by atoms with Gasteiger partial charge in [-0.1, -0.05) is 0 Å². The van der Waals surface area contributed by atoms with Crippen molar-refractivity contribution >= 4 is 11.6 Å². The molecule has 1 heterocycles. The van der Waals surface area contributed by atoms with E-state index in [2.05, 4.69) is 0 Å². The molecule has 2 N–H and O–H groups in total. The molecule has 2 rings (SSSR count). The maximum Gasteiger partial charge on any atom is 0.227 e. The van der Waals surface area contributed by atoms with Gasteiger partial charge in [-0.05, 0) is 42.6 Å². The fraction of sp³-hybridized carbons (Fsp3) is 0.417. The van der Waals surface area contributed by atoms with Gasteiger partial charge in [-0.3, -0.25) is 4.79 Å². The number of nitrogens with zero attached hydrogens (tertiary/aromatic N) is 1. The summed E-state index contributed by atoms with van der Waals surface area (Å²) in [6, 6.07) is 4.55. The molecule has 1 amide bonds. The van der Waals surface area contributed by atoms with E-state index in [1.54, 1.807) is 18.0 Å². The van der Waals surface area contributed by atoms with Crippen LogP contribution < -0.4 is 10.6 Å². The number of anilines is 1. The molecular weight excluding hydrogens is 207 g/mol. The standard InChI is InChI=1S/C12H15FN2O/c1-15-11-3-2-9(13)7-10(11)8(4-5-14)6-12(15)16/h2-3,7-8H,4-6,14H2,1H3. The zero-order valence-corrected chi connectivity index (χ0v) is 9.24. The average Bonchev–Trinajstić information content (AvgIpc) is 2.26. The van der Waals surface area contributed by atoms with Gasteiger partial charge >= 0.3 is 0 Å². The van der Waals surface area contributed by atoms with Crippen LogP contribution in [-0.4, -0.2) is 19.5 Å².